The number of aromatic nitrogens is 2. The molecule has 1 aliphatic rings. The summed E-state index contributed by atoms with van der Waals surface area (Å²) in [5.41, 5.74) is 2.48. The van der Waals surface area contributed by atoms with Crippen molar-refractivity contribution < 1.29 is 9.53 Å². The lowest BCUT2D eigenvalue weighted by Gasteiger charge is -2.28. The first-order valence-corrected chi connectivity index (χ1v) is 6.95. The summed E-state index contributed by atoms with van der Waals surface area (Å²) in [4.78, 5) is 14.3. The molecular formula is C15H18N4O2. The largest absolute Gasteiger partial charge is 0.378 e. The third-order valence-electron chi connectivity index (χ3n) is 3.47. The van der Waals surface area contributed by atoms with Gasteiger partial charge < -0.3 is 15.0 Å². The number of carbonyl (C=O) groups excluding carboxylic acids is 1. The first-order valence-electron chi connectivity index (χ1n) is 6.95. The summed E-state index contributed by atoms with van der Waals surface area (Å²) < 4.78 is 6.95. The molecule has 0 radical (unpaired) electrons. The van der Waals surface area contributed by atoms with E-state index in [2.05, 4.69) is 15.3 Å². The van der Waals surface area contributed by atoms with E-state index >= 15 is 0 Å². The lowest BCUT2D eigenvalue weighted by molar-refractivity contribution is 0.102. The van der Waals surface area contributed by atoms with Gasteiger partial charge in [0.1, 0.15) is 0 Å². The standard InChI is InChI=1S/C15H18N4O2/c1-18-11-12(10-16-18)15(20)17-13-2-4-14(5-3-13)19-6-8-21-9-7-19/h2-5,10-11H,6-9H2,1H3,(H,17,20). The number of rotatable bonds is 3. The third kappa shape index (κ3) is 3.22. The summed E-state index contributed by atoms with van der Waals surface area (Å²) >= 11 is 0. The van der Waals surface area contributed by atoms with E-state index in [0.717, 1.165) is 37.7 Å². The van der Waals surface area contributed by atoms with Crippen molar-refractivity contribution in [3.63, 3.8) is 0 Å². The fraction of sp³-hybridized carbons (Fsp3) is 0.333. The number of aryl methyl sites for hydroxylation is 1. The van der Waals surface area contributed by atoms with Gasteiger partial charge in [0.15, 0.2) is 0 Å². The summed E-state index contributed by atoms with van der Waals surface area (Å²) in [6.45, 7) is 3.34. The zero-order chi connectivity index (χ0) is 14.7. The van der Waals surface area contributed by atoms with Crippen LogP contribution in [0.25, 0.3) is 0 Å². The Kier molecular flexibility index (Phi) is 3.87. The van der Waals surface area contributed by atoms with Crippen LogP contribution in [0.5, 0.6) is 0 Å². The zero-order valence-corrected chi connectivity index (χ0v) is 12.0. The third-order valence-corrected chi connectivity index (χ3v) is 3.47. The monoisotopic (exact) mass is 286 g/mol. The van der Waals surface area contributed by atoms with Crippen LogP contribution in [0.3, 0.4) is 0 Å². The van der Waals surface area contributed by atoms with Crippen LogP contribution in [0, 0.1) is 0 Å². The quantitative estimate of drug-likeness (QED) is 0.929. The smallest absolute Gasteiger partial charge is 0.258 e. The molecule has 0 bridgehead atoms. The molecule has 1 amide bonds. The number of ether oxygens (including phenoxy) is 1. The molecule has 0 unspecified atom stereocenters. The van der Waals surface area contributed by atoms with E-state index in [4.69, 9.17) is 4.74 Å². The predicted molar refractivity (Wildman–Crippen MR) is 80.6 cm³/mol. The Morgan fingerprint density at radius 3 is 2.57 bits per heavy atom. The molecule has 110 valence electrons. The number of morpholine rings is 1. The number of hydrogen-bond acceptors (Lipinski definition) is 4. The topological polar surface area (TPSA) is 59.4 Å². The minimum absolute atomic E-state index is 0.151. The molecule has 1 aromatic heterocycles. The second kappa shape index (κ2) is 5.97. The van der Waals surface area contributed by atoms with Crippen LogP contribution >= 0.6 is 0 Å². The highest BCUT2D eigenvalue weighted by molar-refractivity contribution is 6.03. The van der Waals surface area contributed by atoms with Crippen LogP contribution in [0.15, 0.2) is 36.7 Å². The Balaban J connectivity index is 1.65. The molecule has 0 saturated carbocycles. The number of amides is 1. The maximum atomic E-state index is 12.0. The number of hydrogen-bond donors (Lipinski definition) is 1. The van der Waals surface area contributed by atoms with Crippen molar-refractivity contribution in [1.82, 2.24) is 9.78 Å². The van der Waals surface area contributed by atoms with Gasteiger partial charge in [0.2, 0.25) is 0 Å². The van der Waals surface area contributed by atoms with Gasteiger partial charge in [-0.15, -0.1) is 0 Å². The minimum Gasteiger partial charge on any atom is -0.378 e. The maximum absolute atomic E-state index is 12.0. The Bertz CT molecular complexity index is 615. The Labute approximate surface area is 123 Å². The number of benzene rings is 1. The molecule has 2 heterocycles. The second-order valence-electron chi connectivity index (χ2n) is 5.00. The van der Waals surface area contributed by atoms with E-state index in [0.29, 0.717) is 5.56 Å². The van der Waals surface area contributed by atoms with E-state index in [1.807, 2.05) is 24.3 Å². The molecule has 1 N–H and O–H groups in total. The lowest BCUT2D eigenvalue weighted by Crippen LogP contribution is -2.36. The van der Waals surface area contributed by atoms with Crippen molar-refractivity contribution in [3.05, 3.63) is 42.2 Å². The van der Waals surface area contributed by atoms with Gasteiger partial charge in [-0.25, -0.2) is 0 Å². The van der Waals surface area contributed by atoms with Crippen LogP contribution in [0.1, 0.15) is 10.4 Å². The predicted octanol–water partition coefficient (Wildman–Crippen LogP) is 1.51. The maximum Gasteiger partial charge on any atom is 0.258 e. The summed E-state index contributed by atoms with van der Waals surface area (Å²) in [7, 11) is 1.79. The fourth-order valence-corrected chi connectivity index (χ4v) is 2.32. The van der Waals surface area contributed by atoms with Crippen LogP contribution in [-0.4, -0.2) is 42.0 Å². The van der Waals surface area contributed by atoms with Gasteiger partial charge in [-0.2, -0.15) is 5.10 Å². The van der Waals surface area contributed by atoms with Crippen molar-refractivity contribution in [2.75, 3.05) is 36.5 Å². The van der Waals surface area contributed by atoms with E-state index in [1.165, 1.54) is 0 Å². The van der Waals surface area contributed by atoms with Crippen LogP contribution in [0.4, 0.5) is 11.4 Å². The number of anilines is 2. The molecular weight excluding hydrogens is 268 g/mol. The molecule has 21 heavy (non-hydrogen) atoms. The molecule has 1 aliphatic heterocycles. The van der Waals surface area contributed by atoms with Crippen molar-refractivity contribution in [2.24, 2.45) is 7.05 Å². The van der Waals surface area contributed by atoms with Gasteiger partial charge in [-0.05, 0) is 24.3 Å². The second-order valence-corrected chi connectivity index (χ2v) is 5.00. The molecule has 6 nitrogen and oxygen atoms in total. The van der Waals surface area contributed by atoms with Gasteiger partial charge in [-0.3, -0.25) is 9.48 Å². The van der Waals surface area contributed by atoms with Gasteiger partial charge >= 0.3 is 0 Å². The van der Waals surface area contributed by atoms with Gasteiger partial charge in [0.25, 0.3) is 5.91 Å². The molecule has 0 aliphatic carbocycles. The van der Waals surface area contributed by atoms with E-state index in [1.54, 1.807) is 24.1 Å². The first-order chi connectivity index (χ1) is 10.2. The first kappa shape index (κ1) is 13.6. The van der Waals surface area contributed by atoms with Crippen LogP contribution in [-0.2, 0) is 11.8 Å². The van der Waals surface area contributed by atoms with Gasteiger partial charge in [-0.1, -0.05) is 0 Å². The van der Waals surface area contributed by atoms with Crippen LogP contribution in [0.2, 0.25) is 0 Å². The summed E-state index contributed by atoms with van der Waals surface area (Å²) in [6, 6.07) is 7.87. The van der Waals surface area contributed by atoms with Crippen LogP contribution < -0.4 is 10.2 Å². The lowest BCUT2D eigenvalue weighted by atomic mass is 10.2. The highest BCUT2D eigenvalue weighted by Gasteiger charge is 2.12. The number of nitrogens with one attached hydrogen (secondary N) is 1. The van der Waals surface area contributed by atoms with Crippen molar-refractivity contribution in [2.45, 2.75) is 0 Å². The van der Waals surface area contributed by atoms with E-state index in [-0.39, 0.29) is 5.91 Å². The average Bonchev–Trinajstić information content (AvgIpc) is 2.96. The highest BCUT2D eigenvalue weighted by Crippen LogP contribution is 2.19. The molecule has 1 aromatic carbocycles. The molecule has 1 fully saturated rings. The average molecular weight is 286 g/mol. The zero-order valence-electron chi connectivity index (χ0n) is 12.0. The van der Waals surface area contributed by atoms with Crippen molar-refractivity contribution in [3.8, 4) is 0 Å². The normalized spacial score (nSPS) is 15.0. The van der Waals surface area contributed by atoms with Gasteiger partial charge in [0.05, 0.1) is 25.0 Å². The Morgan fingerprint density at radius 2 is 1.95 bits per heavy atom. The van der Waals surface area contributed by atoms with Crippen molar-refractivity contribution >= 4 is 17.3 Å². The molecule has 0 atom stereocenters. The molecule has 0 spiro atoms. The minimum atomic E-state index is -0.151. The van der Waals surface area contributed by atoms with Gasteiger partial charge in [0, 0.05) is 37.7 Å². The van der Waals surface area contributed by atoms with E-state index < -0.39 is 0 Å². The summed E-state index contributed by atoms with van der Waals surface area (Å²) in [5, 5.41) is 6.86. The highest BCUT2D eigenvalue weighted by atomic mass is 16.5. The SMILES string of the molecule is Cn1cc(C(=O)Nc2ccc(N3CCOCC3)cc2)cn1. The van der Waals surface area contributed by atoms with Crippen molar-refractivity contribution in [1.29, 1.82) is 0 Å². The summed E-state index contributed by atoms with van der Waals surface area (Å²) in [6.07, 6.45) is 3.24. The Morgan fingerprint density at radius 1 is 1.24 bits per heavy atom. The van der Waals surface area contributed by atoms with E-state index in [9.17, 15) is 4.79 Å². The number of nitrogens with zero attached hydrogens (tertiary/aromatic N) is 3. The summed E-state index contributed by atoms with van der Waals surface area (Å²) in [5.74, 6) is -0.151. The molecule has 3 rings (SSSR count). The molecule has 2 aromatic rings. The number of carbonyl (C=O) groups is 1. The Hall–Kier alpha value is -2.34. The molecule has 1 saturated heterocycles. The molecule has 6 heteroatoms. The fourth-order valence-electron chi connectivity index (χ4n) is 2.32.